The van der Waals surface area contributed by atoms with E-state index in [0.29, 0.717) is 38.4 Å². The SMILES string of the molecule is CCNC(=NCC(C)c1ccccc1)NCCCN1C(=O)NC(C)(CC)C1=O.I. The molecule has 162 valence electrons. The van der Waals surface area contributed by atoms with Crippen LogP contribution in [0, 0.1) is 0 Å². The van der Waals surface area contributed by atoms with Crippen LogP contribution in [0.15, 0.2) is 35.3 Å². The standard InChI is InChI=1S/C21H33N5O2.HI/c1-5-21(4)18(27)26(20(28)25-21)14-10-13-23-19(22-6-2)24-15-16(3)17-11-8-7-9-12-17;/h7-9,11-12,16H,5-6,10,13-15H2,1-4H3,(H,25,28)(H2,22,23,24);1H. The number of guanidine groups is 1. The molecule has 0 aliphatic carbocycles. The lowest BCUT2D eigenvalue weighted by Crippen LogP contribution is -2.43. The van der Waals surface area contributed by atoms with Crippen LogP contribution in [0.25, 0.3) is 0 Å². The van der Waals surface area contributed by atoms with Crippen molar-refractivity contribution in [1.82, 2.24) is 20.9 Å². The molecule has 1 aromatic carbocycles. The molecule has 2 atom stereocenters. The third kappa shape index (κ3) is 6.87. The summed E-state index contributed by atoms with van der Waals surface area (Å²) in [5.74, 6) is 0.937. The van der Waals surface area contributed by atoms with Gasteiger partial charge in [0, 0.05) is 32.1 Å². The molecule has 29 heavy (non-hydrogen) atoms. The Morgan fingerprint density at radius 2 is 1.90 bits per heavy atom. The van der Waals surface area contributed by atoms with E-state index in [2.05, 4.69) is 40.0 Å². The zero-order chi connectivity index (χ0) is 20.6. The van der Waals surface area contributed by atoms with Crippen molar-refractivity contribution in [3.05, 3.63) is 35.9 Å². The third-order valence-electron chi connectivity index (χ3n) is 5.14. The van der Waals surface area contributed by atoms with Gasteiger partial charge in [-0.25, -0.2) is 4.79 Å². The molecule has 1 aromatic rings. The first-order valence-corrected chi connectivity index (χ1v) is 10.1. The summed E-state index contributed by atoms with van der Waals surface area (Å²) in [5, 5.41) is 9.30. The van der Waals surface area contributed by atoms with E-state index < -0.39 is 5.54 Å². The van der Waals surface area contributed by atoms with Gasteiger partial charge in [-0.1, -0.05) is 44.2 Å². The molecule has 0 radical (unpaired) electrons. The molecule has 1 aliphatic heterocycles. The van der Waals surface area contributed by atoms with Gasteiger partial charge in [0.15, 0.2) is 5.96 Å². The average Bonchev–Trinajstić information content (AvgIpc) is 2.92. The van der Waals surface area contributed by atoms with Crippen molar-refractivity contribution in [2.45, 2.75) is 52.0 Å². The molecule has 8 heteroatoms. The highest BCUT2D eigenvalue weighted by atomic mass is 127. The minimum absolute atomic E-state index is 0. The van der Waals surface area contributed by atoms with Crippen molar-refractivity contribution in [2.75, 3.05) is 26.2 Å². The summed E-state index contributed by atoms with van der Waals surface area (Å²) in [5.41, 5.74) is 0.494. The second-order valence-electron chi connectivity index (χ2n) is 7.38. The number of rotatable bonds is 9. The molecule has 2 unspecified atom stereocenters. The largest absolute Gasteiger partial charge is 0.357 e. The van der Waals surface area contributed by atoms with Crippen molar-refractivity contribution in [3.8, 4) is 0 Å². The molecular formula is C21H34IN5O2. The van der Waals surface area contributed by atoms with E-state index in [-0.39, 0.29) is 35.9 Å². The van der Waals surface area contributed by atoms with Gasteiger partial charge in [-0.15, -0.1) is 24.0 Å². The van der Waals surface area contributed by atoms with Crippen molar-refractivity contribution in [3.63, 3.8) is 0 Å². The fourth-order valence-corrected chi connectivity index (χ4v) is 3.09. The molecule has 3 N–H and O–H groups in total. The maximum absolute atomic E-state index is 12.4. The Morgan fingerprint density at radius 3 is 2.48 bits per heavy atom. The number of halogens is 1. The van der Waals surface area contributed by atoms with Gasteiger partial charge in [-0.05, 0) is 32.3 Å². The number of benzene rings is 1. The maximum Gasteiger partial charge on any atom is 0.325 e. The molecule has 3 amide bonds. The van der Waals surface area contributed by atoms with Crippen LogP contribution in [0.1, 0.15) is 52.0 Å². The molecule has 1 fully saturated rings. The lowest BCUT2D eigenvalue weighted by molar-refractivity contribution is -0.130. The zero-order valence-electron chi connectivity index (χ0n) is 17.8. The van der Waals surface area contributed by atoms with Crippen molar-refractivity contribution >= 4 is 41.9 Å². The van der Waals surface area contributed by atoms with Gasteiger partial charge < -0.3 is 16.0 Å². The number of urea groups is 1. The summed E-state index contributed by atoms with van der Waals surface area (Å²) in [6.45, 7) is 10.3. The van der Waals surface area contributed by atoms with Crippen molar-refractivity contribution in [1.29, 1.82) is 0 Å². The minimum Gasteiger partial charge on any atom is -0.357 e. The Morgan fingerprint density at radius 1 is 1.21 bits per heavy atom. The van der Waals surface area contributed by atoms with Crippen molar-refractivity contribution < 1.29 is 9.59 Å². The highest BCUT2D eigenvalue weighted by molar-refractivity contribution is 14.0. The Hall–Kier alpha value is -1.84. The molecule has 1 heterocycles. The number of amides is 3. The van der Waals surface area contributed by atoms with Gasteiger partial charge in [0.1, 0.15) is 5.54 Å². The zero-order valence-corrected chi connectivity index (χ0v) is 20.2. The van der Waals surface area contributed by atoms with Crippen LogP contribution in [-0.2, 0) is 4.79 Å². The van der Waals surface area contributed by atoms with E-state index in [1.807, 2.05) is 32.0 Å². The summed E-state index contributed by atoms with van der Waals surface area (Å²) in [6.07, 6.45) is 1.25. The predicted octanol–water partition coefficient (Wildman–Crippen LogP) is 3.07. The Balaban J connectivity index is 0.00000420. The molecule has 0 bridgehead atoms. The van der Waals surface area contributed by atoms with Gasteiger partial charge in [0.05, 0.1) is 0 Å². The Bertz CT molecular complexity index is 698. The molecule has 7 nitrogen and oxygen atoms in total. The molecular weight excluding hydrogens is 481 g/mol. The van der Waals surface area contributed by atoms with E-state index in [1.165, 1.54) is 10.5 Å². The van der Waals surface area contributed by atoms with Crippen LogP contribution in [0.4, 0.5) is 4.79 Å². The fourth-order valence-electron chi connectivity index (χ4n) is 3.09. The van der Waals surface area contributed by atoms with E-state index in [9.17, 15) is 9.59 Å². The quantitative estimate of drug-likeness (QED) is 0.155. The highest BCUT2D eigenvalue weighted by Gasteiger charge is 2.45. The lowest BCUT2D eigenvalue weighted by atomic mass is 9.99. The van der Waals surface area contributed by atoms with Crippen LogP contribution in [-0.4, -0.2) is 54.5 Å². The minimum atomic E-state index is -0.769. The monoisotopic (exact) mass is 515 g/mol. The molecule has 1 saturated heterocycles. The molecule has 0 spiro atoms. The smallest absolute Gasteiger partial charge is 0.325 e. The third-order valence-corrected chi connectivity index (χ3v) is 5.14. The van der Waals surface area contributed by atoms with E-state index >= 15 is 0 Å². The van der Waals surface area contributed by atoms with Crippen LogP contribution < -0.4 is 16.0 Å². The Labute approximate surface area is 191 Å². The molecule has 0 aromatic heterocycles. The second kappa shape index (κ2) is 12.0. The number of carbonyl (C=O) groups excluding carboxylic acids is 2. The van der Waals surface area contributed by atoms with Gasteiger partial charge in [0.2, 0.25) is 0 Å². The second-order valence-corrected chi connectivity index (χ2v) is 7.38. The van der Waals surface area contributed by atoms with E-state index in [4.69, 9.17) is 0 Å². The van der Waals surface area contributed by atoms with E-state index in [0.717, 1.165) is 12.5 Å². The van der Waals surface area contributed by atoms with Gasteiger partial charge in [0.25, 0.3) is 5.91 Å². The molecule has 2 rings (SSSR count). The average molecular weight is 515 g/mol. The van der Waals surface area contributed by atoms with Crippen molar-refractivity contribution in [2.24, 2.45) is 4.99 Å². The van der Waals surface area contributed by atoms with Crippen LogP contribution in [0.5, 0.6) is 0 Å². The maximum atomic E-state index is 12.4. The first-order chi connectivity index (χ1) is 13.4. The van der Waals surface area contributed by atoms with E-state index in [1.54, 1.807) is 6.92 Å². The normalized spacial score (nSPS) is 20.1. The molecule has 0 saturated carbocycles. The van der Waals surface area contributed by atoms with Gasteiger partial charge >= 0.3 is 6.03 Å². The number of carbonyl (C=O) groups is 2. The number of imide groups is 1. The summed E-state index contributed by atoms with van der Waals surface area (Å²) in [6, 6.07) is 10.0. The fraction of sp³-hybridized carbons (Fsp3) is 0.571. The number of aliphatic imine (C=N–C) groups is 1. The highest BCUT2D eigenvalue weighted by Crippen LogP contribution is 2.20. The first kappa shape index (κ1) is 25.2. The number of hydrogen-bond acceptors (Lipinski definition) is 3. The van der Waals surface area contributed by atoms with Crippen LogP contribution in [0.2, 0.25) is 0 Å². The van der Waals surface area contributed by atoms with Gasteiger partial charge in [-0.2, -0.15) is 0 Å². The predicted molar refractivity (Wildman–Crippen MR) is 128 cm³/mol. The Kier molecular flexibility index (Phi) is 10.4. The summed E-state index contributed by atoms with van der Waals surface area (Å²) < 4.78 is 0. The van der Waals surface area contributed by atoms with Crippen LogP contribution >= 0.6 is 24.0 Å². The molecule has 1 aliphatic rings. The van der Waals surface area contributed by atoms with Gasteiger partial charge in [-0.3, -0.25) is 14.7 Å². The summed E-state index contributed by atoms with van der Waals surface area (Å²) in [4.78, 5) is 30.4. The summed E-state index contributed by atoms with van der Waals surface area (Å²) in [7, 11) is 0. The number of hydrogen-bond donors (Lipinski definition) is 3. The number of nitrogens with one attached hydrogen (secondary N) is 3. The van der Waals surface area contributed by atoms with Crippen LogP contribution in [0.3, 0.4) is 0 Å². The topological polar surface area (TPSA) is 85.8 Å². The summed E-state index contributed by atoms with van der Waals surface area (Å²) >= 11 is 0. The lowest BCUT2D eigenvalue weighted by Gasteiger charge is -2.19. The number of nitrogens with zero attached hydrogens (tertiary/aromatic N) is 2. The first-order valence-electron chi connectivity index (χ1n) is 10.1.